The van der Waals surface area contributed by atoms with Crippen molar-refractivity contribution >= 4 is 81.3 Å². The van der Waals surface area contributed by atoms with Crippen molar-refractivity contribution in [3.63, 3.8) is 0 Å². The molecule has 2 aromatic heterocycles. The van der Waals surface area contributed by atoms with E-state index in [0.29, 0.717) is 0 Å². The number of furan rings is 1. The fourth-order valence-corrected chi connectivity index (χ4v) is 9.60. The molecule has 0 aliphatic carbocycles. The first kappa shape index (κ1) is 31.6. The standard InChI is InChI=1S/C52H33NOS/c1-2-20-39-34(14-1)15-11-24-40(39)35-16-9-18-37(32-35)53(38-19-10-17-36(33-38)41-25-12-28-47-44-23-5-8-31-50(44)55-52(41)47)48-29-6-3-21-42(48)45-26-13-27-46-43-22-4-7-30-49(43)54-51(45)46/h1-33H. The number of fused-ring (bicyclic) bond motifs is 7. The summed E-state index contributed by atoms with van der Waals surface area (Å²) in [6, 6.07) is 72.2. The summed E-state index contributed by atoms with van der Waals surface area (Å²) in [6.07, 6.45) is 0. The Morgan fingerprint density at radius 3 is 1.80 bits per heavy atom. The first-order valence-electron chi connectivity index (χ1n) is 18.7. The van der Waals surface area contributed by atoms with E-state index in [4.69, 9.17) is 4.42 Å². The van der Waals surface area contributed by atoms with Crippen LogP contribution in [-0.2, 0) is 0 Å². The lowest BCUT2D eigenvalue weighted by atomic mass is 9.96. The monoisotopic (exact) mass is 719 g/mol. The first-order valence-corrected chi connectivity index (χ1v) is 19.5. The van der Waals surface area contributed by atoms with Crippen LogP contribution < -0.4 is 4.90 Å². The summed E-state index contributed by atoms with van der Waals surface area (Å²) in [5.74, 6) is 0. The summed E-state index contributed by atoms with van der Waals surface area (Å²) in [5.41, 5.74) is 12.0. The van der Waals surface area contributed by atoms with Crippen LogP contribution in [0.1, 0.15) is 0 Å². The molecule has 0 fully saturated rings. The minimum Gasteiger partial charge on any atom is -0.455 e. The minimum atomic E-state index is 0.894. The van der Waals surface area contributed by atoms with E-state index in [9.17, 15) is 0 Å². The summed E-state index contributed by atoms with van der Waals surface area (Å²) in [7, 11) is 0. The molecule has 0 N–H and O–H groups in total. The molecule has 0 radical (unpaired) electrons. The Bertz CT molecular complexity index is 3240. The highest BCUT2D eigenvalue weighted by Gasteiger charge is 2.22. The van der Waals surface area contributed by atoms with Gasteiger partial charge in [-0.15, -0.1) is 11.3 Å². The lowest BCUT2D eigenvalue weighted by Gasteiger charge is -2.29. The van der Waals surface area contributed by atoms with Gasteiger partial charge in [-0.1, -0.05) is 158 Å². The van der Waals surface area contributed by atoms with Crippen molar-refractivity contribution in [2.24, 2.45) is 0 Å². The van der Waals surface area contributed by atoms with E-state index in [0.717, 1.165) is 50.1 Å². The molecule has 258 valence electrons. The minimum absolute atomic E-state index is 0.894. The molecule has 3 heteroatoms. The van der Waals surface area contributed by atoms with E-state index in [1.165, 1.54) is 53.2 Å². The van der Waals surface area contributed by atoms with Crippen molar-refractivity contribution in [3.05, 3.63) is 200 Å². The lowest BCUT2D eigenvalue weighted by Crippen LogP contribution is -2.11. The largest absolute Gasteiger partial charge is 0.455 e. The number of rotatable bonds is 6. The van der Waals surface area contributed by atoms with Crippen molar-refractivity contribution in [3.8, 4) is 33.4 Å². The second-order valence-corrected chi connectivity index (χ2v) is 15.1. The number of nitrogens with zero attached hydrogens (tertiary/aromatic N) is 1. The highest BCUT2D eigenvalue weighted by atomic mass is 32.1. The third kappa shape index (κ3) is 5.24. The zero-order chi connectivity index (χ0) is 36.3. The first-order chi connectivity index (χ1) is 27.3. The van der Waals surface area contributed by atoms with Crippen LogP contribution in [0.5, 0.6) is 0 Å². The predicted molar refractivity (Wildman–Crippen MR) is 235 cm³/mol. The SMILES string of the molecule is c1cc(-c2cccc3ccccc23)cc(N(c2cccc(-c3cccc4c3sc3ccccc34)c2)c2ccccc2-c2cccc3c2oc2ccccc23)c1. The number of anilines is 3. The van der Waals surface area contributed by atoms with Gasteiger partial charge in [0.15, 0.2) is 0 Å². The molecule has 0 unspecified atom stereocenters. The fraction of sp³-hybridized carbons (Fsp3) is 0. The van der Waals surface area contributed by atoms with Gasteiger partial charge < -0.3 is 9.32 Å². The van der Waals surface area contributed by atoms with Gasteiger partial charge in [-0.05, 0) is 75.5 Å². The maximum atomic E-state index is 6.63. The number of hydrogen-bond acceptors (Lipinski definition) is 3. The molecule has 0 aliphatic heterocycles. The quantitative estimate of drug-likeness (QED) is 0.170. The Hall–Kier alpha value is -6.94. The van der Waals surface area contributed by atoms with Crippen LogP contribution in [0.2, 0.25) is 0 Å². The van der Waals surface area contributed by atoms with Crippen LogP contribution in [0.4, 0.5) is 17.1 Å². The Balaban J connectivity index is 1.14. The van der Waals surface area contributed by atoms with E-state index in [-0.39, 0.29) is 0 Å². The molecule has 0 aliphatic rings. The average Bonchev–Trinajstić information content (AvgIpc) is 3.83. The van der Waals surface area contributed by atoms with Gasteiger partial charge in [0.25, 0.3) is 0 Å². The van der Waals surface area contributed by atoms with Gasteiger partial charge in [-0.3, -0.25) is 0 Å². The van der Waals surface area contributed by atoms with Gasteiger partial charge in [-0.25, -0.2) is 0 Å². The van der Waals surface area contributed by atoms with Crippen LogP contribution in [0.15, 0.2) is 205 Å². The second kappa shape index (κ2) is 12.9. The molecule has 0 saturated carbocycles. The Labute approximate surface area is 322 Å². The normalized spacial score (nSPS) is 11.6. The molecule has 2 nitrogen and oxygen atoms in total. The Morgan fingerprint density at radius 1 is 0.382 bits per heavy atom. The summed E-state index contributed by atoms with van der Waals surface area (Å²) in [4.78, 5) is 2.42. The summed E-state index contributed by atoms with van der Waals surface area (Å²) < 4.78 is 9.24. The zero-order valence-electron chi connectivity index (χ0n) is 29.8. The topological polar surface area (TPSA) is 16.4 Å². The molecule has 11 aromatic rings. The summed E-state index contributed by atoms with van der Waals surface area (Å²) >= 11 is 1.87. The Morgan fingerprint density at radius 2 is 0.945 bits per heavy atom. The van der Waals surface area contributed by atoms with Gasteiger partial charge in [0, 0.05) is 53.4 Å². The number of hydrogen-bond donors (Lipinski definition) is 0. The molecular formula is C52H33NOS. The van der Waals surface area contributed by atoms with Crippen LogP contribution in [0, 0.1) is 0 Å². The highest BCUT2D eigenvalue weighted by molar-refractivity contribution is 7.26. The molecule has 11 rings (SSSR count). The van der Waals surface area contributed by atoms with Crippen molar-refractivity contribution in [1.82, 2.24) is 0 Å². The summed E-state index contributed by atoms with van der Waals surface area (Å²) in [5, 5.41) is 7.32. The van der Waals surface area contributed by atoms with Crippen LogP contribution in [0.25, 0.3) is 86.3 Å². The van der Waals surface area contributed by atoms with Gasteiger partial charge in [0.05, 0.1) is 5.69 Å². The molecule has 2 heterocycles. The van der Waals surface area contributed by atoms with E-state index >= 15 is 0 Å². The van der Waals surface area contributed by atoms with E-state index in [1.807, 2.05) is 17.4 Å². The van der Waals surface area contributed by atoms with Crippen molar-refractivity contribution in [1.29, 1.82) is 0 Å². The molecule has 0 bridgehead atoms. The van der Waals surface area contributed by atoms with Crippen molar-refractivity contribution in [2.75, 3.05) is 4.90 Å². The van der Waals surface area contributed by atoms with Gasteiger partial charge >= 0.3 is 0 Å². The molecule has 0 atom stereocenters. The molecule has 55 heavy (non-hydrogen) atoms. The lowest BCUT2D eigenvalue weighted by molar-refractivity contribution is 0.670. The van der Waals surface area contributed by atoms with E-state index in [1.54, 1.807) is 0 Å². The maximum absolute atomic E-state index is 6.63. The van der Waals surface area contributed by atoms with E-state index < -0.39 is 0 Å². The molecular weight excluding hydrogens is 687 g/mol. The third-order valence-corrected chi connectivity index (χ3v) is 12.1. The molecule has 0 saturated heterocycles. The zero-order valence-corrected chi connectivity index (χ0v) is 30.6. The predicted octanol–water partition coefficient (Wildman–Crippen LogP) is 15.6. The van der Waals surface area contributed by atoms with E-state index in [2.05, 4.69) is 199 Å². The maximum Gasteiger partial charge on any atom is 0.143 e. The second-order valence-electron chi connectivity index (χ2n) is 14.0. The highest BCUT2D eigenvalue weighted by Crippen LogP contribution is 2.47. The fourth-order valence-electron chi connectivity index (χ4n) is 8.36. The smallest absolute Gasteiger partial charge is 0.143 e. The third-order valence-electron chi connectivity index (χ3n) is 10.9. The van der Waals surface area contributed by atoms with Crippen LogP contribution in [-0.4, -0.2) is 0 Å². The number of thiophene rings is 1. The van der Waals surface area contributed by atoms with Gasteiger partial charge in [-0.2, -0.15) is 0 Å². The van der Waals surface area contributed by atoms with Gasteiger partial charge in [0.1, 0.15) is 11.2 Å². The Kier molecular flexibility index (Phi) is 7.39. The number of benzene rings is 9. The van der Waals surface area contributed by atoms with Gasteiger partial charge in [0.2, 0.25) is 0 Å². The molecule has 0 spiro atoms. The van der Waals surface area contributed by atoms with Crippen LogP contribution in [0.3, 0.4) is 0 Å². The van der Waals surface area contributed by atoms with Crippen molar-refractivity contribution in [2.45, 2.75) is 0 Å². The average molecular weight is 720 g/mol. The summed E-state index contributed by atoms with van der Waals surface area (Å²) in [6.45, 7) is 0. The molecule has 9 aromatic carbocycles. The van der Waals surface area contributed by atoms with Crippen LogP contribution >= 0.6 is 11.3 Å². The van der Waals surface area contributed by atoms with Crippen molar-refractivity contribution < 1.29 is 4.42 Å². The number of para-hydroxylation sites is 3. The molecule has 0 amide bonds.